The van der Waals surface area contributed by atoms with E-state index in [2.05, 4.69) is 10.6 Å². The van der Waals surface area contributed by atoms with Gasteiger partial charge in [-0.25, -0.2) is 4.39 Å². The lowest BCUT2D eigenvalue weighted by Crippen LogP contribution is -2.51. The number of hydrogen-bond acceptors (Lipinski definition) is 3. The smallest absolute Gasteiger partial charge is 0.250 e. The van der Waals surface area contributed by atoms with Gasteiger partial charge in [-0.15, -0.1) is 12.4 Å². The van der Waals surface area contributed by atoms with Crippen LogP contribution in [0, 0.1) is 5.82 Å². The normalized spacial score (nSPS) is 23.1. The Morgan fingerprint density at radius 3 is 2.58 bits per heavy atom. The number of hydrogen-bond donors (Lipinski definition) is 2. The highest BCUT2D eigenvalue weighted by Gasteiger charge is 2.35. The van der Waals surface area contributed by atoms with Crippen molar-refractivity contribution >= 4 is 18.3 Å². The van der Waals surface area contributed by atoms with Crippen molar-refractivity contribution in [1.82, 2.24) is 10.6 Å². The first-order valence-electron chi connectivity index (χ1n) is 8.56. The molecule has 1 heterocycles. The van der Waals surface area contributed by atoms with Crippen molar-refractivity contribution in [2.75, 3.05) is 26.2 Å². The Kier molecular flexibility index (Phi) is 7.02. The summed E-state index contributed by atoms with van der Waals surface area (Å²) in [5.74, 6) is -0.269. The van der Waals surface area contributed by atoms with Crippen LogP contribution in [0.5, 0.6) is 0 Å². The van der Waals surface area contributed by atoms with Crippen LogP contribution in [-0.2, 0) is 14.9 Å². The molecule has 2 aliphatic rings. The molecule has 0 spiro atoms. The van der Waals surface area contributed by atoms with Gasteiger partial charge < -0.3 is 15.4 Å². The van der Waals surface area contributed by atoms with Crippen LogP contribution in [0.1, 0.15) is 37.7 Å². The number of halogens is 2. The zero-order chi connectivity index (χ0) is 16.1. The Balaban J connectivity index is 0.00000208. The van der Waals surface area contributed by atoms with Crippen LogP contribution in [0.2, 0.25) is 0 Å². The number of rotatable bonds is 4. The fourth-order valence-corrected chi connectivity index (χ4v) is 3.70. The summed E-state index contributed by atoms with van der Waals surface area (Å²) in [6.07, 6.45) is 5.18. The van der Waals surface area contributed by atoms with Crippen molar-refractivity contribution in [3.8, 4) is 0 Å². The number of nitrogens with one attached hydrogen (secondary N) is 2. The number of carbonyl (C=O) groups is 1. The Hall–Kier alpha value is -1.17. The van der Waals surface area contributed by atoms with Crippen LogP contribution >= 0.6 is 12.4 Å². The van der Waals surface area contributed by atoms with Crippen LogP contribution in [0.25, 0.3) is 0 Å². The second-order valence-corrected chi connectivity index (χ2v) is 6.63. The van der Waals surface area contributed by atoms with Gasteiger partial charge in [0.05, 0.1) is 6.61 Å². The summed E-state index contributed by atoms with van der Waals surface area (Å²) < 4.78 is 18.8. The van der Waals surface area contributed by atoms with Gasteiger partial charge in [0.2, 0.25) is 5.91 Å². The first-order valence-corrected chi connectivity index (χ1v) is 8.56. The maximum Gasteiger partial charge on any atom is 0.250 e. The molecule has 1 aromatic rings. The van der Waals surface area contributed by atoms with Crippen molar-refractivity contribution in [3.63, 3.8) is 0 Å². The molecule has 1 saturated heterocycles. The van der Waals surface area contributed by atoms with E-state index in [-0.39, 0.29) is 29.5 Å². The average Bonchev–Trinajstić information content (AvgIpc) is 2.62. The number of benzene rings is 1. The van der Waals surface area contributed by atoms with E-state index < -0.39 is 6.10 Å². The van der Waals surface area contributed by atoms with Crippen LogP contribution in [0.15, 0.2) is 24.3 Å². The fraction of sp³-hybridized carbons (Fsp3) is 0.611. The van der Waals surface area contributed by atoms with Gasteiger partial charge in [-0.1, -0.05) is 31.4 Å². The van der Waals surface area contributed by atoms with Crippen LogP contribution in [0.3, 0.4) is 0 Å². The largest absolute Gasteiger partial charge is 0.366 e. The highest BCUT2D eigenvalue weighted by molar-refractivity contribution is 5.85. The SMILES string of the molecule is Cl.O=C(NCC1(c2ccc(F)cc2)CCCCC1)C1CNCCO1. The summed E-state index contributed by atoms with van der Waals surface area (Å²) in [6, 6.07) is 6.76. The minimum atomic E-state index is -0.405. The van der Waals surface area contributed by atoms with Gasteiger partial charge in [-0.3, -0.25) is 4.79 Å². The number of morpholine rings is 1. The molecule has 1 unspecified atom stereocenters. The molecule has 4 nitrogen and oxygen atoms in total. The van der Waals surface area contributed by atoms with E-state index in [1.54, 1.807) is 0 Å². The van der Waals surface area contributed by atoms with Gasteiger partial charge in [0.1, 0.15) is 11.9 Å². The zero-order valence-electron chi connectivity index (χ0n) is 13.9. The third-order valence-corrected chi connectivity index (χ3v) is 5.09. The summed E-state index contributed by atoms with van der Waals surface area (Å²) >= 11 is 0. The molecule has 3 rings (SSSR count). The second-order valence-electron chi connectivity index (χ2n) is 6.63. The topological polar surface area (TPSA) is 50.4 Å². The third-order valence-electron chi connectivity index (χ3n) is 5.09. The maximum atomic E-state index is 13.2. The second kappa shape index (κ2) is 8.79. The van der Waals surface area contributed by atoms with Gasteiger partial charge >= 0.3 is 0 Å². The van der Waals surface area contributed by atoms with Gasteiger partial charge in [0.25, 0.3) is 0 Å². The molecule has 1 amide bonds. The fourth-order valence-electron chi connectivity index (χ4n) is 3.70. The van der Waals surface area contributed by atoms with E-state index >= 15 is 0 Å². The van der Waals surface area contributed by atoms with Crippen molar-refractivity contribution in [2.24, 2.45) is 0 Å². The molecular weight excluding hydrogens is 331 g/mol. The van der Waals surface area contributed by atoms with E-state index in [1.807, 2.05) is 12.1 Å². The van der Waals surface area contributed by atoms with Crippen LogP contribution < -0.4 is 10.6 Å². The van der Waals surface area contributed by atoms with Crippen molar-refractivity contribution in [3.05, 3.63) is 35.6 Å². The van der Waals surface area contributed by atoms with E-state index in [1.165, 1.54) is 18.6 Å². The predicted octanol–water partition coefficient (Wildman–Crippen LogP) is 2.55. The molecule has 1 atom stereocenters. The summed E-state index contributed by atoms with van der Waals surface area (Å²) in [6.45, 7) is 2.52. The number of carbonyl (C=O) groups excluding carboxylic acids is 1. The molecule has 6 heteroatoms. The Bertz CT molecular complexity index is 526. The molecule has 1 aliphatic heterocycles. The molecule has 0 aromatic heterocycles. The number of amides is 1. The Morgan fingerprint density at radius 1 is 1.25 bits per heavy atom. The van der Waals surface area contributed by atoms with E-state index in [4.69, 9.17) is 4.74 Å². The molecular formula is C18H26ClFN2O2. The van der Waals surface area contributed by atoms with Crippen molar-refractivity contribution in [2.45, 2.75) is 43.6 Å². The first kappa shape index (κ1) is 19.2. The van der Waals surface area contributed by atoms with Crippen LogP contribution in [0.4, 0.5) is 4.39 Å². The standard InChI is InChI=1S/C18H25FN2O2.ClH/c19-15-6-4-14(5-7-15)18(8-2-1-3-9-18)13-21-17(22)16-12-20-10-11-23-16;/h4-7,16,20H,1-3,8-13H2,(H,21,22);1H. The van der Waals surface area contributed by atoms with Gasteiger partial charge in [-0.05, 0) is 30.5 Å². The Labute approximate surface area is 148 Å². The summed E-state index contributed by atoms with van der Waals surface area (Å²) in [5, 5.41) is 6.25. The first-order chi connectivity index (χ1) is 11.2. The summed E-state index contributed by atoms with van der Waals surface area (Å²) in [7, 11) is 0. The minimum Gasteiger partial charge on any atom is -0.366 e. The van der Waals surface area contributed by atoms with E-state index in [0.717, 1.165) is 37.8 Å². The molecule has 2 N–H and O–H groups in total. The quantitative estimate of drug-likeness (QED) is 0.871. The van der Waals surface area contributed by atoms with Crippen LogP contribution in [-0.4, -0.2) is 38.3 Å². The zero-order valence-corrected chi connectivity index (χ0v) is 14.7. The van der Waals surface area contributed by atoms with Gasteiger partial charge in [0, 0.05) is 25.0 Å². The highest BCUT2D eigenvalue weighted by Crippen LogP contribution is 2.39. The average molecular weight is 357 g/mol. The van der Waals surface area contributed by atoms with Gasteiger partial charge in [0.15, 0.2) is 0 Å². The molecule has 0 bridgehead atoms. The molecule has 1 saturated carbocycles. The van der Waals surface area contributed by atoms with E-state index in [9.17, 15) is 9.18 Å². The lowest BCUT2D eigenvalue weighted by Gasteiger charge is -2.38. The molecule has 24 heavy (non-hydrogen) atoms. The molecule has 1 aromatic carbocycles. The maximum absolute atomic E-state index is 13.2. The minimum absolute atomic E-state index is 0. The Morgan fingerprint density at radius 2 is 1.96 bits per heavy atom. The molecule has 0 radical (unpaired) electrons. The third kappa shape index (κ3) is 4.47. The molecule has 134 valence electrons. The molecule has 1 aliphatic carbocycles. The monoisotopic (exact) mass is 356 g/mol. The lowest BCUT2D eigenvalue weighted by molar-refractivity contribution is -0.134. The van der Waals surface area contributed by atoms with Gasteiger partial charge in [-0.2, -0.15) is 0 Å². The summed E-state index contributed by atoms with van der Waals surface area (Å²) in [5.41, 5.74) is 1.05. The number of ether oxygens (including phenoxy) is 1. The summed E-state index contributed by atoms with van der Waals surface area (Å²) in [4.78, 5) is 12.3. The van der Waals surface area contributed by atoms with Crippen molar-refractivity contribution in [1.29, 1.82) is 0 Å². The lowest BCUT2D eigenvalue weighted by atomic mass is 9.69. The van der Waals surface area contributed by atoms with E-state index in [0.29, 0.717) is 19.7 Å². The van der Waals surface area contributed by atoms with Crippen molar-refractivity contribution < 1.29 is 13.9 Å². The molecule has 2 fully saturated rings. The highest BCUT2D eigenvalue weighted by atomic mass is 35.5. The predicted molar refractivity (Wildman–Crippen MR) is 94.0 cm³/mol.